The fraction of sp³-hybridized carbons (Fsp3) is 0.769. The fourth-order valence-corrected chi connectivity index (χ4v) is 2.86. The summed E-state index contributed by atoms with van der Waals surface area (Å²) in [6.07, 6.45) is 7.95. The summed E-state index contributed by atoms with van der Waals surface area (Å²) in [6, 6.07) is 0.742. The van der Waals surface area contributed by atoms with Gasteiger partial charge in [0, 0.05) is 18.5 Å². The van der Waals surface area contributed by atoms with E-state index >= 15 is 0 Å². The number of nitrogens with zero attached hydrogens (tertiary/aromatic N) is 3. The van der Waals surface area contributed by atoms with Crippen LogP contribution in [0.4, 0.5) is 0 Å². The zero-order valence-corrected chi connectivity index (χ0v) is 11.1. The van der Waals surface area contributed by atoms with E-state index in [-0.39, 0.29) is 11.9 Å². The lowest BCUT2D eigenvalue weighted by atomic mass is 10.00. The molecule has 0 radical (unpaired) electrons. The van der Waals surface area contributed by atoms with E-state index in [1.165, 1.54) is 12.8 Å². The van der Waals surface area contributed by atoms with Gasteiger partial charge in [-0.3, -0.25) is 4.79 Å². The molecule has 0 unspecified atom stereocenters. The number of amides is 1. The maximum absolute atomic E-state index is 11.9. The highest BCUT2D eigenvalue weighted by molar-refractivity contribution is 5.76. The smallest absolute Gasteiger partial charge is 0.220 e. The molecule has 3 N–H and O–H groups in total. The van der Waals surface area contributed by atoms with Crippen LogP contribution < -0.4 is 11.1 Å². The van der Waals surface area contributed by atoms with Gasteiger partial charge in [0.25, 0.3) is 0 Å². The highest BCUT2D eigenvalue weighted by Gasteiger charge is 2.27. The van der Waals surface area contributed by atoms with E-state index < -0.39 is 0 Å². The molecule has 1 heterocycles. The molecular formula is C13H21N5O. The second-order valence-corrected chi connectivity index (χ2v) is 5.72. The van der Waals surface area contributed by atoms with Gasteiger partial charge < -0.3 is 15.6 Å². The van der Waals surface area contributed by atoms with E-state index in [0.29, 0.717) is 24.9 Å². The minimum Gasteiger partial charge on any atom is -0.349 e. The zero-order chi connectivity index (χ0) is 13.2. The maximum atomic E-state index is 11.9. The summed E-state index contributed by atoms with van der Waals surface area (Å²) in [6.45, 7) is 0.470. The molecule has 2 saturated carbocycles. The number of hydrogen-bond acceptors (Lipinski definition) is 4. The van der Waals surface area contributed by atoms with Crippen LogP contribution >= 0.6 is 0 Å². The van der Waals surface area contributed by atoms with E-state index in [4.69, 9.17) is 5.73 Å². The van der Waals surface area contributed by atoms with Gasteiger partial charge in [0.2, 0.25) is 5.91 Å². The number of carbonyl (C=O) groups excluding carboxylic acids is 1. The Morgan fingerprint density at radius 2 is 2.26 bits per heavy atom. The van der Waals surface area contributed by atoms with E-state index in [0.717, 1.165) is 25.1 Å². The van der Waals surface area contributed by atoms with Gasteiger partial charge in [-0.25, -0.2) is 0 Å². The molecule has 104 valence electrons. The van der Waals surface area contributed by atoms with Crippen LogP contribution in [0, 0.1) is 5.92 Å². The number of rotatable bonds is 5. The van der Waals surface area contributed by atoms with Crippen molar-refractivity contribution >= 4 is 5.91 Å². The monoisotopic (exact) mass is 263 g/mol. The molecule has 2 aliphatic carbocycles. The first-order valence-electron chi connectivity index (χ1n) is 7.14. The first-order valence-corrected chi connectivity index (χ1v) is 7.14. The topological polar surface area (TPSA) is 85.8 Å². The Morgan fingerprint density at radius 3 is 2.95 bits per heavy atom. The molecule has 2 atom stereocenters. The molecule has 1 amide bonds. The summed E-state index contributed by atoms with van der Waals surface area (Å²) in [5, 5.41) is 10.9. The largest absolute Gasteiger partial charge is 0.349 e. The van der Waals surface area contributed by atoms with Crippen molar-refractivity contribution < 1.29 is 4.79 Å². The Bertz CT molecular complexity index is 454. The average molecular weight is 263 g/mol. The third kappa shape index (κ3) is 2.94. The Balaban J connectivity index is 1.48. The van der Waals surface area contributed by atoms with Crippen LogP contribution in [0.15, 0.2) is 6.33 Å². The van der Waals surface area contributed by atoms with Crippen LogP contribution in [0.2, 0.25) is 0 Å². The molecule has 0 aromatic carbocycles. The van der Waals surface area contributed by atoms with Gasteiger partial charge in [-0.15, -0.1) is 10.2 Å². The highest BCUT2D eigenvalue weighted by Crippen LogP contribution is 2.35. The second-order valence-electron chi connectivity index (χ2n) is 5.72. The number of aromatic nitrogens is 3. The Morgan fingerprint density at radius 1 is 1.42 bits per heavy atom. The van der Waals surface area contributed by atoms with Crippen molar-refractivity contribution in [3.8, 4) is 0 Å². The van der Waals surface area contributed by atoms with Crippen molar-refractivity contribution in [1.82, 2.24) is 20.1 Å². The standard InChI is InChI=1S/C13H21N5O/c14-11-3-1-2-9(11)6-13(19)15-7-12-17-16-8-18(12)10-4-5-10/h8-11H,1-7,14H2,(H,15,19)/t9-,11+/m0/s1. The number of nitrogens with one attached hydrogen (secondary N) is 1. The van der Waals surface area contributed by atoms with Crippen molar-refractivity contribution in [2.75, 3.05) is 0 Å². The minimum atomic E-state index is 0.0766. The summed E-state index contributed by atoms with van der Waals surface area (Å²) in [5.41, 5.74) is 5.98. The van der Waals surface area contributed by atoms with Crippen molar-refractivity contribution in [2.24, 2.45) is 11.7 Å². The van der Waals surface area contributed by atoms with E-state index in [1.54, 1.807) is 6.33 Å². The van der Waals surface area contributed by atoms with Crippen LogP contribution in [0.3, 0.4) is 0 Å². The summed E-state index contributed by atoms with van der Waals surface area (Å²) < 4.78 is 2.07. The van der Waals surface area contributed by atoms with Gasteiger partial charge in [0.1, 0.15) is 6.33 Å². The Kier molecular flexibility index (Phi) is 3.50. The van der Waals surface area contributed by atoms with Crippen molar-refractivity contribution in [1.29, 1.82) is 0 Å². The normalized spacial score (nSPS) is 26.6. The molecule has 19 heavy (non-hydrogen) atoms. The molecule has 0 bridgehead atoms. The molecule has 2 aliphatic rings. The maximum Gasteiger partial charge on any atom is 0.220 e. The molecule has 0 spiro atoms. The molecule has 3 rings (SSSR count). The Labute approximate surface area is 112 Å². The molecule has 0 aliphatic heterocycles. The quantitative estimate of drug-likeness (QED) is 0.820. The first kappa shape index (κ1) is 12.6. The van der Waals surface area contributed by atoms with E-state index in [9.17, 15) is 4.79 Å². The Hall–Kier alpha value is -1.43. The van der Waals surface area contributed by atoms with Gasteiger partial charge in [-0.2, -0.15) is 0 Å². The van der Waals surface area contributed by atoms with Crippen LogP contribution in [0.25, 0.3) is 0 Å². The van der Waals surface area contributed by atoms with Crippen molar-refractivity contribution in [2.45, 2.75) is 57.2 Å². The molecular weight excluding hydrogens is 242 g/mol. The van der Waals surface area contributed by atoms with Gasteiger partial charge in [0.05, 0.1) is 6.54 Å². The van der Waals surface area contributed by atoms with E-state index in [2.05, 4.69) is 20.1 Å². The molecule has 0 saturated heterocycles. The van der Waals surface area contributed by atoms with E-state index in [1.807, 2.05) is 0 Å². The lowest BCUT2D eigenvalue weighted by Crippen LogP contribution is -2.31. The van der Waals surface area contributed by atoms with Crippen LogP contribution in [0.1, 0.15) is 50.4 Å². The van der Waals surface area contributed by atoms with Crippen LogP contribution in [-0.4, -0.2) is 26.7 Å². The third-order valence-corrected chi connectivity index (χ3v) is 4.20. The summed E-state index contributed by atoms with van der Waals surface area (Å²) >= 11 is 0. The molecule has 1 aromatic heterocycles. The number of carbonyl (C=O) groups is 1. The van der Waals surface area contributed by atoms with Gasteiger partial charge >= 0.3 is 0 Å². The van der Waals surface area contributed by atoms with Gasteiger partial charge in [-0.1, -0.05) is 6.42 Å². The SMILES string of the molecule is N[C@@H]1CCC[C@H]1CC(=O)NCc1nncn1C1CC1. The molecule has 6 heteroatoms. The lowest BCUT2D eigenvalue weighted by Gasteiger charge is -2.14. The zero-order valence-electron chi connectivity index (χ0n) is 11.1. The minimum absolute atomic E-state index is 0.0766. The van der Waals surface area contributed by atoms with Crippen molar-refractivity contribution in [3.63, 3.8) is 0 Å². The summed E-state index contributed by atoms with van der Waals surface area (Å²) in [5.74, 6) is 1.28. The first-order chi connectivity index (χ1) is 9.24. The van der Waals surface area contributed by atoms with Crippen LogP contribution in [0.5, 0.6) is 0 Å². The van der Waals surface area contributed by atoms with Gasteiger partial charge in [0.15, 0.2) is 5.82 Å². The number of nitrogens with two attached hydrogens (primary N) is 1. The predicted octanol–water partition coefficient (Wildman–Crippen LogP) is 0.747. The van der Waals surface area contributed by atoms with Gasteiger partial charge in [-0.05, 0) is 31.6 Å². The fourth-order valence-electron chi connectivity index (χ4n) is 2.86. The molecule has 2 fully saturated rings. The third-order valence-electron chi connectivity index (χ3n) is 4.20. The predicted molar refractivity (Wildman–Crippen MR) is 70.1 cm³/mol. The molecule has 1 aromatic rings. The lowest BCUT2D eigenvalue weighted by molar-refractivity contribution is -0.122. The summed E-state index contributed by atoms with van der Waals surface area (Å²) in [4.78, 5) is 11.9. The average Bonchev–Trinajstić information content (AvgIpc) is 3.00. The second kappa shape index (κ2) is 5.28. The van der Waals surface area contributed by atoms with Crippen molar-refractivity contribution in [3.05, 3.63) is 12.2 Å². The summed E-state index contributed by atoms with van der Waals surface area (Å²) in [7, 11) is 0. The highest BCUT2D eigenvalue weighted by atomic mass is 16.1. The van der Waals surface area contributed by atoms with Crippen LogP contribution in [-0.2, 0) is 11.3 Å². The number of hydrogen-bond donors (Lipinski definition) is 2. The molecule has 6 nitrogen and oxygen atoms in total.